The zero-order valence-corrected chi connectivity index (χ0v) is 13.1. The summed E-state index contributed by atoms with van der Waals surface area (Å²) in [7, 11) is 0. The Bertz CT molecular complexity index is 712. The number of ether oxygens (including phenoxy) is 2. The van der Waals surface area contributed by atoms with Crippen molar-refractivity contribution in [1.82, 2.24) is 0 Å². The number of hydrogen-bond donors (Lipinski definition) is 0. The predicted octanol–water partition coefficient (Wildman–Crippen LogP) is 3.41. The summed E-state index contributed by atoms with van der Waals surface area (Å²) in [4.78, 5) is 14.6. The predicted molar refractivity (Wildman–Crippen MR) is 85.4 cm³/mol. The number of amides is 1. The summed E-state index contributed by atoms with van der Waals surface area (Å²) in [6.45, 7) is 4.31. The maximum absolute atomic E-state index is 13.0. The largest absolute Gasteiger partial charge is 0.490 e. The lowest BCUT2D eigenvalue weighted by molar-refractivity contribution is -0.131. The molecule has 0 atom stereocenters. The zero-order valence-electron chi connectivity index (χ0n) is 13.1. The van der Waals surface area contributed by atoms with E-state index in [1.54, 1.807) is 18.7 Å². The number of carbonyl (C=O) groups is 1. The molecule has 1 amide bonds. The quantitative estimate of drug-likeness (QED) is 0.871. The van der Waals surface area contributed by atoms with E-state index in [0.717, 1.165) is 5.69 Å². The number of anilines is 1. The van der Waals surface area contributed by atoms with Crippen molar-refractivity contribution in [2.75, 3.05) is 18.1 Å². The van der Waals surface area contributed by atoms with Gasteiger partial charge in [0.15, 0.2) is 5.60 Å². The third kappa shape index (κ3) is 3.13. The van der Waals surface area contributed by atoms with Gasteiger partial charge in [-0.3, -0.25) is 4.79 Å². The lowest BCUT2D eigenvalue weighted by Crippen LogP contribution is -2.51. The van der Waals surface area contributed by atoms with Gasteiger partial charge in [-0.25, -0.2) is 4.39 Å². The first kappa shape index (κ1) is 15.3. The third-order valence-electron chi connectivity index (χ3n) is 3.68. The van der Waals surface area contributed by atoms with Crippen LogP contribution in [0.5, 0.6) is 11.5 Å². The van der Waals surface area contributed by atoms with Crippen LogP contribution in [0.2, 0.25) is 0 Å². The molecule has 1 aliphatic heterocycles. The van der Waals surface area contributed by atoms with Gasteiger partial charge >= 0.3 is 0 Å². The number of halogens is 1. The van der Waals surface area contributed by atoms with Crippen LogP contribution in [0.15, 0.2) is 48.5 Å². The Morgan fingerprint density at radius 3 is 2.61 bits per heavy atom. The van der Waals surface area contributed by atoms with Crippen molar-refractivity contribution in [3.8, 4) is 11.5 Å². The first-order valence-corrected chi connectivity index (χ1v) is 7.46. The lowest BCUT2D eigenvalue weighted by Gasteiger charge is -2.35. The normalized spacial score (nSPS) is 14.0. The molecule has 2 aromatic carbocycles. The summed E-state index contributed by atoms with van der Waals surface area (Å²) >= 11 is 0. The molecule has 0 saturated heterocycles. The average Bonchev–Trinajstić information content (AvgIpc) is 2.55. The molecule has 0 fully saturated rings. The summed E-state index contributed by atoms with van der Waals surface area (Å²) in [5.41, 5.74) is -0.345. The average molecular weight is 315 g/mol. The molecule has 2 aromatic rings. The number of hydrogen-bond acceptors (Lipinski definition) is 3. The molecule has 0 saturated carbocycles. The Kier molecular flexibility index (Phi) is 3.94. The van der Waals surface area contributed by atoms with Crippen LogP contribution < -0.4 is 14.4 Å². The van der Waals surface area contributed by atoms with E-state index in [0.29, 0.717) is 24.7 Å². The van der Waals surface area contributed by atoms with Crippen LogP contribution in [0.25, 0.3) is 0 Å². The van der Waals surface area contributed by atoms with E-state index < -0.39 is 5.60 Å². The second kappa shape index (κ2) is 5.91. The van der Waals surface area contributed by atoms with Crippen molar-refractivity contribution in [1.29, 1.82) is 0 Å². The fraction of sp³-hybridized carbons (Fsp3) is 0.278. The van der Waals surface area contributed by atoms with E-state index in [9.17, 15) is 9.18 Å². The first-order valence-electron chi connectivity index (χ1n) is 7.46. The molecule has 0 spiro atoms. The zero-order chi connectivity index (χ0) is 16.4. The van der Waals surface area contributed by atoms with Crippen LogP contribution in [-0.4, -0.2) is 24.7 Å². The van der Waals surface area contributed by atoms with Crippen LogP contribution in [0.4, 0.5) is 10.1 Å². The minimum atomic E-state index is -1.08. The molecule has 1 heterocycles. The second-order valence-electron chi connectivity index (χ2n) is 5.84. The van der Waals surface area contributed by atoms with Crippen molar-refractivity contribution in [3.63, 3.8) is 0 Å². The Morgan fingerprint density at radius 2 is 1.87 bits per heavy atom. The van der Waals surface area contributed by atoms with Gasteiger partial charge < -0.3 is 14.4 Å². The Labute approximate surface area is 134 Å². The van der Waals surface area contributed by atoms with Gasteiger partial charge in [0, 0.05) is 0 Å². The lowest BCUT2D eigenvalue weighted by atomic mass is 10.1. The standard InChI is InChI=1S/C18H18FNO3/c1-18(2,23-14-9-7-13(19)8-10-14)17(21)20-11-12-22-16-6-4-3-5-15(16)20/h3-10H,11-12H2,1-2H3. The molecule has 0 bridgehead atoms. The van der Waals surface area contributed by atoms with Crippen molar-refractivity contribution >= 4 is 11.6 Å². The Hall–Kier alpha value is -2.56. The highest BCUT2D eigenvalue weighted by Crippen LogP contribution is 2.33. The number of fused-ring (bicyclic) bond motifs is 1. The van der Waals surface area contributed by atoms with Gasteiger partial charge in [-0.05, 0) is 50.2 Å². The van der Waals surface area contributed by atoms with Crippen molar-refractivity contribution < 1.29 is 18.7 Å². The van der Waals surface area contributed by atoms with Crippen LogP contribution >= 0.6 is 0 Å². The molecule has 3 rings (SSSR count). The highest BCUT2D eigenvalue weighted by Gasteiger charge is 2.37. The van der Waals surface area contributed by atoms with Crippen molar-refractivity contribution in [3.05, 3.63) is 54.3 Å². The number of nitrogens with zero attached hydrogens (tertiary/aromatic N) is 1. The van der Waals surface area contributed by atoms with Gasteiger partial charge in [-0.2, -0.15) is 0 Å². The summed E-state index contributed by atoms with van der Waals surface area (Å²) in [5, 5.41) is 0. The highest BCUT2D eigenvalue weighted by molar-refractivity contribution is 6.00. The number of benzene rings is 2. The maximum Gasteiger partial charge on any atom is 0.270 e. The minimum absolute atomic E-state index is 0.169. The van der Waals surface area contributed by atoms with E-state index in [-0.39, 0.29) is 11.7 Å². The van der Waals surface area contributed by atoms with Crippen molar-refractivity contribution in [2.45, 2.75) is 19.4 Å². The highest BCUT2D eigenvalue weighted by atomic mass is 19.1. The van der Waals surface area contributed by atoms with E-state index in [1.807, 2.05) is 24.3 Å². The SMILES string of the molecule is CC(C)(Oc1ccc(F)cc1)C(=O)N1CCOc2ccccc21. The monoisotopic (exact) mass is 315 g/mol. The van der Waals surface area contributed by atoms with Crippen LogP contribution in [0, 0.1) is 5.82 Å². The molecule has 4 nitrogen and oxygen atoms in total. The molecule has 0 N–H and O–H groups in total. The number of rotatable bonds is 3. The fourth-order valence-corrected chi connectivity index (χ4v) is 2.55. The van der Waals surface area contributed by atoms with Gasteiger partial charge in [-0.15, -0.1) is 0 Å². The van der Waals surface area contributed by atoms with Crippen LogP contribution in [-0.2, 0) is 4.79 Å². The van der Waals surface area contributed by atoms with Crippen LogP contribution in [0.3, 0.4) is 0 Å². The smallest absolute Gasteiger partial charge is 0.270 e. The van der Waals surface area contributed by atoms with Gasteiger partial charge in [0.05, 0.1) is 12.2 Å². The van der Waals surface area contributed by atoms with Gasteiger partial charge in [0.1, 0.15) is 23.9 Å². The molecule has 0 aliphatic carbocycles. The number of carbonyl (C=O) groups excluding carboxylic acids is 1. The summed E-state index contributed by atoms with van der Waals surface area (Å²) in [6, 6.07) is 13.0. The summed E-state index contributed by atoms with van der Waals surface area (Å²) < 4.78 is 24.3. The molecule has 0 radical (unpaired) electrons. The number of para-hydroxylation sites is 2. The Balaban J connectivity index is 1.83. The first-order chi connectivity index (χ1) is 11.0. The molecule has 23 heavy (non-hydrogen) atoms. The molecular weight excluding hydrogens is 297 g/mol. The van der Waals surface area contributed by atoms with E-state index >= 15 is 0 Å². The van der Waals surface area contributed by atoms with E-state index in [4.69, 9.17) is 9.47 Å². The van der Waals surface area contributed by atoms with E-state index in [2.05, 4.69) is 0 Å². The third-order valence-corrected chi connectivity index (χ3v) is 3.68. The van der Waals surface area contributed by atoms with Crippen LogP contribution in [0.1, 0.15) is 13.8 Å². The van der Waals surface area contributed by atoms with Gasteiger partial charge in [-0.1, -0.05) is 12.1 Å². The van der Waals surface area contributed by atoms with Gasteiger partial charge in [0.25, 0.3) is 5.91 Å². The topological polar surface area (TPSA) is 38.8 Å². The second-order valence-corrected chi connectivity index (χ2v) is 5.84. The molecular formula is C18H18FNO3. The summed E-state index contributed by atoms with van der Waals surface area (Å²) in [6.07, 6.45) is 0. The minimum Gasteiger partial charge on any atom is -0.490 e. The van der Waals surface area contributed by atoms with E-state index in [1.165, 1.54) is 24.3 Å². The van der Waals surface area contributed by atoms with Gasteiger partial charge in [0.2, 0.25) is 0 Å². The molecule has 1 aliphatic rings. The van der Waals surface area contributed by atoms with Crippen molar-refractivity contribution in [2.24, 2.45) is 0 Å². The Morgan fingerprint density at radius 1 is 1.17 bits per heavy atom. The molecule has 0 aromatic heterocycles. The molecule has 5 heteroatoms. The maximum atomic E-state index is 13.0. The molecule has 120 valence electrons. The summed E-state index contributed by atoms with van der Waals surface area (Å²) in [5.74, 6) is 0.622. The fourth-order valence-electron chi connectivity index (χ4n) is 2.55. The molecule has 0 unspecified atom stereocenters.